The van der Waals surface area contributed by atoms with Gasteiger partial charge in [0.1, 0.15) is 0 Å². The van der Waals surface area contributed by atoms with Crippen LogP contribution in [0.25, 0.3) is 0 Å². The Balaban J connectivity index is 2.80. The van der Waals surface area contributed by atoms with Crippen LogP contribution in [0.15, 0.2) is 36.9 Å². The molecule has 1 aromatic carbocycles. The smallest absolute Gasteiger partial charge is 0.382 e. The Kier molecular flexibility index (Phi) is 4.61. The summed E-state index contributed by atoms with van der Waals surface area (Å²) in [4.78, 5) is 0. The highest BCUT2D eigenvalue weighted by atomic mass is 19.4. The van der Waals surface area contributed by atoms with E-state index in [1.165, 1.54) is 12.1 Å². The molecule has 94 valence electrons. The summed E-state index contributed by atoms with van der Waals surface area (Å²) in [6.45, 7) is 5.45. The van der Waals surface area contributed by atoms with Gasteiger partial charge in [0.05, 0.1) is 5.56 Å². The Morgan fingerprint density at radius 3 is 2.59 bits per heavy atom. The molecular weight excluding hydrogens is 227 g/mol. The van der Waals surface area contributed by atoms with Gasteiger partial charge in [-0.25, -0.2) is 0 Å². The SMILES string of the molecule is C=CCCC(C)Nc1ccccc1C(F)(F)F. The van der Waals surface area contributed by atoms with Crippen LogP contribution in [0.4, 0.5) is 18.9 Å². The van der Waals surface area contributed by atoms with E-state index < -0.39 is 11.7 Å². The zero-order valence-electron chi connectivity index (χ0n) is 9.72. The molecule has 0 saturated carbocycles. The fourth-order valence-corrected chi connectivity index (χ4v) is 1.56. The van der Waals surface area contributed by atoms with Crippen molar-refractivity contribution >= 4 is 5.69 Å². The minimum absolute atomic E-state index is 0.0171. The monoisotopic (exact) mass is 243 g/mol. The molecule has 0 saturated heterocycles. The van der Waals surface area contributed by atoms with Crippen LogP contribution in [0, 0.1) is 0 Å². The van der Waals surface area contributed by atoms with Gasteiger partial charge in [-0.2, -0.15) is 13.2 Å². The maximum Gasteiger partial charge on any atom is 0.418 e. The molecule has 0 bridgehead atoms. The molecule has 0 aliphatic heterocycles. The minimum atomic E-state index is -4.32. The maximum absolute atomic E-state index is 12.7. The lowest BCUT2D eigenvalue weighted by Crippen LogP contribution is -2.18. The number of para-hydroxylation sites is 1. The summed E-state index contributed by atoms with van der Waals surface area (Å²) in [7, 11) is 0. The van der Waals surface area contributed by atoms with E-state index in [1.54, 1.807) is 12.1 Å². The van der Waals surface area contributed by atoms with Crippen LogP contribution in [0.2, 0.25) is 0 Å². The summed E-state index contributed by atoms with van der Waals surface area (Å²) in [5.74, 6) is 0. The van der Waals surface area contributed by atoms with Crippen LogP contribution in [-0.4, -0.2) is 6.04 Å². The third-order valence-electron chi connectivity index (χ3n) is 2.44. The second-order valence-electron chi connectivity index (χ2n) is 3.95. The highest BCUT2D eigenvalue weighted by Crippen LogP contribution is 2.34. The number of halogens is 3. The summed E-state index contributed by atoms with van der Waals surface area (Å²) >= 11 is 0. The molecule has 0 amide bonds. The van der Waals surface area contributed by atoms with Crippen LogP contribution < -0.4 is 5.32 Å². The van der Waals surface area contributed by atoms with Crippen molar-refractivity contribution in [1.82, 2.24) is 0 Å². The Morgan fingerprint density at radius 2 is 2.00 bits per heavy atom. The van der Waals surface area contributed by atoms with Crippen molar-refractivity contribution < 1.29 is 13.2 Å². The average Bonchev–Trinajstić information content (AvgIpc) is 2.25. The molecule has 0 spiro atoms. The molecule has 1 nitrogen and oxygen atoms in total. The van der Waals surface area contributed by atoms with Crippen molar-refractivity contribution in [1.29, 1.82) is 0 Å². The number of nitrogens with one attached hydrogen (secondary N) is 1. The Hall–Kier alpha value is -1.45. The van der Waals surface area contributed by atoms with Gasteiger partial charge in [-0.15, -0.1) is 6.58 Å². The predicted octanol–water partition coefficient (Wildman–Crippen LogP) is 4.47. The van der Waals surface area contributed by atoms with E-state index >= 15 is 0 Å². The molecule has 0 aliphatic carbocycles. The van der Waals surface area contributed by atoms with Crippen LogP contribution in [0.1, 0.15) is 25.3 Å². The second-order valence-corrected chi connectivity index (χ2v) is 3.95. The van der Waals surface area contributed by atoms with Crippen LogP contribution in [0.5, 0.6) is 0 Å². The maximum atomic E-state index is 12.7. The summed E-state index contributed by atoms with van der Waals surface area (Å²) in [6.07, 6.45) is -1.02. The first-order valence-electron chi connectivity index (χ1n) is 5.49. The predicted molar refractivity (Wildman–Crippen MR) is 64.0 cm³/mol. The van der Waals surface area contributed by atoms with Crippen LogP contribution in [0.3, 0.4) is 0 Å². The zero-order valence-corrected chi connectivity index (χ0v) is 9.72. The molecule has 0 aliphatic rings. The number of anilines is 1. The first-order chi connectivity index (χ1) is 7.95. The molecule has 1 unspecified atom stereocenters. The van der Waals surface area contributed by atoms with Gasteiger partial charge in [0.15, 0.2) is 0 Å². The summed E-state index contributed by atoms with van der Waals surface area (Å²) in [5.41, 5.74) is -0.484. The van der Waals surface area contributed by atoms with Crippen molar-refractivity contribution in [3.63, 3.8) is 0 Å². The van der Waals surface area contributed by atoms with E-state index in [-0.39, 0.29) is 11.7 Å². The van der Waals surface area contributed by atoms with Gasteiger partial charge in [-0.1, -0.05) is 18.2 Å². The molecule has 1 aromatic rings. The van der Waals surface area contributed by atoms with E-state index in [9.17, 15) is 13.2 Å². The quantitative estimate of drug-likeness (QED) is 0.752. The lowest BCUT2D eigenvalue weighted by atomic mass is 10.1. The first-order valence-corrected chi connectivity index (χ1v) is 5.49. The van der Waals surface area contributed by atoms with Crippen molar-refractivity contribution in [2.24, 2.45) is 0 Å². The van der Waals surface area contributed by atoms with E-state index in [0.29, 0.717) is 0 Å². The van der Waals surface area contributed by atoms with E-state index in [1.807, 2.05) is 6.92 Å². The molecule has 0 radical (unpaired) electrons. The van der Waals surface area contributed by atoms with E-state index in [2.05, 4.69) is 11.9 Å². The minimum Gasteiger partial charge on any atom is -0.382 e. The highest BCUT2D eigenvalue weighted by molar-refractivity contribution is 5.53. The van der Waals surface area contributed by atoms with Gasteiger partial charge >= 0.3 is 6.18 Å². The number of hydrogen-bond acceptors (Lipinski definition) is 1. The van der Waals surface area contributed by atoms with Gasteiger partial charge in [0.25, 0.3) is 0 Å². The van der Waals surface area contributed by atoms with Crippen LogP contribution in [-0.2, 0) is 6.18 Å². The van der Waals surface area contributed by atoms with Gasteiger partial charge in [0, 0.05) is 11.7 Å². The molecule has 17 heavy (non-hydrogen) atoms. The Labute approximate surface area is 99.3 Å². The van der Waals surface area contributed by atoms with Crippen molar-refractivity contribution in [3.8, 4) is 0 Å². The molecule has 1 rings (SSSR count). The number of allylic oxidation sites excluding steroid dienone is 1. The lowest BCUT2D eigenvalue weighted by molar-refractivity contribution is -0.137. The average molecular weight is 243 g/mol. The fraction of sp³-hybridized carbons (Fsp3) is 0.385. The van der Waals surface area contributed by atoms with E-state index in [4.69, 9.17) is 0 Å². The Bertz CT molecular complexity index is 371. The van der Waals surface area contributed by atoms with Crippen molar-refractivity contribution in [3.05, 3.63) is 42.5 Å². The fourth-order valence-electron chi connectivity index (χ4n) is 1.56. The number of hydrogen-bond donors (Lipinski definition) is 1. The molecular formula is C13H16F3N. The first kappa shape index (κ1) is 13.6. The van der Waals surface area contributed by atoms with E-state index in [0.717, 1.165) is 18.9 Å². The third-order valence-corrected chi connectivity index (χ3v) is 2.44. The largest absolute Gasteiger partial charge is 0.418 e. The second kappa shape index (κ2) is 5.75. The topological polar surface area (TPSA) is 12.0 Å². The molecule has 0 fully saturated rings. The summed E-state index contributed by atoms with van der Waals surface area (Å²) < 4.78 is 38.1. The number of benzene rings is 1. The molecule has 0 aromatic heterocycles. The van der Waals surface area contributed by atoms with Crippen molar-refractivity contribution in [2.45, 2.75) is 32.0 Å². The normalized spacial score (nSPS) is 13.2. The Morgan fingerprint density at radius 1 is 1.35 bits per heavy atom. The summed E-state index contributed by atoms with van der Waals surface area (Å²) in [5, 5.41) is 2.88. The standard InChI is InChI=1S/C13H16F3N/c1-3-4-7-10(2)17-12-9-6-5-8-11(12)13(14,15)16/h3,5-6,8-10,17H,1,4,7H2,2H3. The summed E-state index contributed by atoms with van der Waals surface area (Å²) in [6, 6.07) is 5.51. The van der Waals surface area contributed by atoms with Gasteiger partial charge < -0.3 is 5.32 Å². The van der Waals surface area contributed by atoms with Crippen LogP contribution >= 0.6 is 0 Å². The molecule has 1 atom stereocenters. The molecule has 1 N–H and O–H groups in total. The zero-order chi connectivity index (χ0) is 12.9. The molecule has 4 heteroatoms. The van der Waals surface area contributed by atoms with Gasteiger partial charge in [-0.05, 0) is 31.9 Å². The van der Waals surface area contributed by atoms with Crippen molar-refractivity contribution in [2.75, 3.05) is 5.32 Å². The number of rotatable bonds is 5. The van der Waals surface area contributed by atoms with Gasteiger partial charge in [-0.3, -0.25) is 0 Å². The highest BCUT2D eigenvalue weighted by Gasteiger charge is 2.33. The lowest BCUT2D eigenvalue weighted by Gasteiger charge is -2.18. The number of alkyl halides is 3. The van der Waals surface area contributed by atoms with Gasteiger partial charge in [0.2, 0.25) is 0 Å². The molecule has 0 heterocycles. The third kappa shape index (κ3) is 4.13.